The van der Waals surface area contributed by atoms with Crippen LogP contribution in [0, 0.1) is 6.92 Å². The summed E-state index contributed by atoms with van der Waals surface area (Å²) in [6.45, 7) is 6.90. The fourth-order valence-corrected chi connectivity index (χ4v) is 1.17. The molecule has 0 bridgehead atoms. The molecule has 17 heavy (non-hydrogen) atoms. The Bertz CT molecular complexity index is 397. The number of carbonyl (C=O) groups excluding carboxylic acids is 1. The Kier molecular flexibility index (Phi) is 4.11. The molecule has 1 aromatic heterocycles. The Morgan fingerprint density at radius 2 is 2.06 bits per heavy atom. The molecule has 94 valence electrons. The highest BCUT2D eigenvalue weighted by Gasteiger charge is 2.16. The van der Waals surface area contributed by atoms with Crippen molar-refractivity contribution in [1.82, 2.24) is 15.4 Å². The molecule has 1 amide bonds. The number of aromatic nitrogens is 2. The van der Waals surface area contributed by atoms with Crippen molar-refractivity contribution < 1.29 is 14.4 Å². The molecular formula is C10H14ClN3O3. The highest BCUT2D eigenvalue weighted by atomic mass is 35.5. The number of rotatable bonds is 2. The Morgan fingerprint density at radius 3 is 2.59 bits per heavy atom. The summed E-state index contributed by atoms with van der Waals surface area (Å²) in [7, 11) is 0. The van der Waals surface area contributed by atoms with Crippen LogP contribution >= 0.6 is 11.6 Å². The third kappa shape index (κ3) is 5.35. The highest BCUT2D eigenvalue weighted by molar-refractivity contribution is 6.29. The molecule has 0 aliphatic carbocycles. The van der Waals surface area contributed by atoms with Crippen LogP contribution in [0.2, 0.25) is 5.15 Å². The van der Waals surface area contributed by atoms with Gasteiger partial charge < -0.3 is 9.57 Å². The van der Waals surface area contributed by atoms with Gasteiger partial charge in [-0.25, -0.2) is 9.78 Å². The maximum atomic E-state index is 11.3. The molecular weight excluding hydrogens is 246 g/mol. The third-order valence-electron chi connectivity index (χ3n) is 1.42. The normalized spacial score (nSPS) is 10.9. The summed E-state index contributed by atoms with van der Waals surface area (Å²) >= 11 is 5.70. The maximum absolute atomic E-state index is 11.3. The Morgan fingerprint density at radius 1 is 1.41 bits per heavy atom. The van der Waals surface area contributed by atoms with Crippen molar-refractivity contribution in [2.75, 3.05) is 0 Å². The lowest BCUT2D eigenvalue weighted by Crippen LogP contribution is -2.34. The molecule has 0 spiro atoms. The number of halogens is 1. The average molecular weight is 260 g/mol. The summed E-state index contributed by atoms with van der Waals surface area (Å²) in [5, 5.41) is 0.235. The molecule has 1 rings (SSSR count). The molecule has 0 aliphatic rings. The Balaban J connectivity index is 2.53. The molecule has 0 aliphatic heterocycles. The number of aryl methyl sites for hydroxylation is 1. The number of hydrogen-bond acceptors (Lipinski definition) is 5. The lowest BCUT2D eigenvalue weighted by atomic mass is 10.2. The van der Waals surface area contributed by atoms with Gasteiger partial charge in [0, 0.05) is 6.07 Å². The summed E-state index contributed by atoms with van der Waals surface area (Å²) in [4.78, 5) is 23.9. The van der Waals surface area contributed by atoms with Gasteiger partial charge in [-0.1, -0.05) is 11.6 Å². The van der Waals surface area contributed by atoms with Crippen LogP contribution in [-0.4, -0.2) is 21.7 Å². The van der Waals surface area contributed by atoms with Gasteiger partial charge in [0.15, 0.2) is 0 Å². The van der Waals surface area contributed by atoms with Gasteiger partial charge in [0.1, 0.15) is 16.6 Å². The maximum Gasteiger partial charge on any atom is 0.441 e. The van der Waals surface area contributed by atoms with Gasteiger partial charge in [0.05, 0.1) is 0 Å². The van der Waals surface area contributed by atoms with Crippen LogP contribution in [0.25, 0.3) is 0 Å². The van der Waals surface area contributed by atoms with Crippen molar-refractivity contribution in [1.29, 1.82) is 0 Å². The average Bonchev–Trinajstić information content (AvgIpc) is 2.10. The molecule has 7 heteroatoms. The molecule has 0 saturated carbocycles. The number of ether oxygens (including phenoxy) is 1. The molecule has 0 saturated heterocycles. The first kappa shape index (κ1) is 13.5. The third-order valence-corrected chi connectivity index (χ3v) is 1.61. The van der Waals surface area contributed by atoms with Gasteiger partial charge >= 0.3 is 6.09 Å². The first-order chi connectivity index (χ1) is 7.76. The Hall–Kier alpha value is -1.56. The summed E-state index contributed by atoms with van der Waals surface area (Å²) in [5.74, 6) is 0.590. The van der Waals surface area contributed by atoms with Crippen molar-refractivity contribution in [2.45, 2.75) is 33.3 Å². The van der Waals surface area contributed by atoms with Crippen LogP contribution in [0.4, 0.5) is 4.79 Å². The van der Waals surface area contributed by atoms with Gasteiger partial charge in [0.2, 0.25) is 0 Å². The van der Waals surface area contributed by atoms with Gasteiger partial charge in [0.25, 0.3) is 5.88 Å². The van der Waals surface area contributed by atoms with E-state index in [0.29, 0.717) is 5.82 Å². The van der Waals surface area contributed by atoms with E-state index in [9.17, 15) is 4.79 Å². The second-order valence-corrected chi connectivity index (χ2v) is 4.67. The molecule has 0 aromatic carbocycles. The molecule has 0 fully saturated rings. The number of amides is 1. The predicted octanol–water partition coefficient (Wildman–Crippen LogP) is 2.26. The summed E-state index contributed by atoms with van der Waals surface area (Å²) in [6.07, 6.45) is -0.704. The number of nitrogens with one attached hydrogen (secondary N) is 1. The second-order valence-electron chi connectivity index (χ2n) is 4.28. The van der Waals surface area contributed by atoms with Crippen molar-refractivity contribution in [2.24, 2.45) is 0 Å². The minimum atomic E-state index is -0.704. The van der Waals surface area contributed by atoms with Gasteiger partial charge in [-0.3, -0.25) is 0 Å². The van der Waals surface area contributed by atoms with E-state index in [0.717, 1.165) is 0 Å². The minimum Gasteiger partial charge on any atom is -0.442 e. The van der Waals surface area contributed by atoms with Crippen LogP contribution in [0.3, 0.4) is 0 Å². The predicted molar refractivity (Wildman–Crippen MR) is 61.8 cm³/mol. The summed E-state index contributed by atoms with van der Waals surface area (Å²) in [5.41, 5.74) is 1.51. The highest BCUT2D eigenvalue weighted by Crippen LogP contribution is 2.12. The van der Waals surface area contributed by atoms with E-state index in [2.05, 4.69) is 15.4 Å². The van der Waals surface area contributed by atoms with E-state index >= 15 is 0 Å². The van der Waals surface area contributed by atoms with Gasteiger partial charge in [-0.2, -0.15) is 10.5 Å². The second kappa shape index (κ2) is 5.18. The Labute approximate surface area is 104 Å². The lowest BCUT2D eigenvalue weighted by molar-refractivity contribution is 0.0278. The fourth-order valence-electron chi connectivity index (χ4n) is 0.951. The number of carbonyl (C=O) groups is 1. The van der Waals surface area contributed by atoms with E-state index in [1.807, 2.05) is 0 Å². The fraction of sp³-hybridized carbons (Fsp3) is 0.500. The van der Waals surface area contributed by atoms with Crippen LogP contribution in [-0.2, 0) is 4.74 Å². The molecule has 1 heterocycles. The van der Waals surface area contributed by atoms with E-state index in [1.165, 1.54) is 6.07 Å². The summed E-state index contributed by atoms with van der Waals surface area (Å²) in [6, 6.07) is 1.38. The number of hydroxylamine groups is 1. The van der Waals surface area contributed by atoms with Gasteiger partial charge in [-0.15, -0.1) is 0 Å². The first-order valence-electron chi connectivity index (χ1n) is 4.93. The zero-order valence-electron chi connectivity index (χ0n) is 10.1. The molecule has 1 N–H and O–H groups in total. The molecule has 6 nitrogen and oxygen atoms in total. The van der Waals surface area contributed by atoms with Crippen molar-refractivity contribution >= 4 is 17.7 Å². The molecule has 0 radical (unpaired) electrons. The van der Waals surface area contributed by atoms with Crippen LogP contribution < -0.4 is 10.3 Å². The largest absolute Gasteiger partial charge is 0.442 e. The molecule has 0 atom stereocenters. The molecule has 0 unspecified atom stereocenters. The van der Waals surface area contributed by atoms with Gasteiger partial charge in [-0.05, 0) is 27.7 Å². The van der Waals surface area contributed by atoms with E-state index in [-0.39, 0.29) is 11.0 Å². The van der Waals surface area contributed by atoms with Crippen molar-refractivity contribution in [3.8, 4) is 5.88 Å². The number of hydrogen-bond donors (Lipinski definition) is 1. The van der Waals surface area contributed by atoms with E-state index in [1.54, 1.807) is 27.7 Å². The lowest BCUT2D eigenvalue weighted by Gasteiger charge is -2.19. The standard InChI is InChI=1S/C10H14ClN3O3/c1-6-12-7(11)5-8(13-6)17-14-9(15)16-10(2,3)4/h5H,1-4H3,(H,14,15). The van der Waals surface area contributed by atoms with Crippen molar-refractivity contribution in [3.05, 3.63) is 17.0 Å². The minimum absolute atomic E-state index is 0.147. The van der Waals surface area contributed by atoms with Crippen LogP contribution in [0.15, 0.2) is 6.07 Å². The zero-order chi connectivity index (χ0) is 13.1. The zero-order valence-corrected chi connectivity index (χ0v) is 10.8. The SMILES string of the molecule is Cc1nc(Cl)cc(ONC(=O)OC(C)(C)C)n1. The monoisotopic (exact) mass is 259 g/mol. The van der Waals surface area contributed by atoms with Crippen molar-refractivity contribution in [3.63, 3.8) is 0 Å². The van der Waals surface area contributed by atoms with E-state index < -0.39 is 11.7 Å². The quantitative estimate of drug-likeness (QED) is 0.651. The van der Waals surface area contributed by atoms with Crippen LogP contribution in [0.1, 0.15) is 26.6 Å². The summed E-state index contributed by atoms with van der Waals surface area (Å²) < 4.78 is 4.97. The smallest absolute Gasteiger partial charge is 0.441 e. The first-order valence-corrected chi connectivity index (χ1v) is 5.31. The van der Waals surface area contributed by atoms with E-state index in [4.69, 9.17) is 21.2 Å². The van der Waals surface area contributed by atoms with Crippen LogP contribution in [0.5, 0.6) is 5.88 Å². The number of nitrogens with zero attached hydrogens (tertiary/aromatic N) is 2. The molecule has 1 aromatic rings. The topological polar surface area (TPSA) is 73.3 Å².